The van der Waals surface area contributed by atoms with Crippen LogP contribution in [-0.2, 0) is 4.79 Å². The van der Waals surface area contributed by atoms with E-state index in [0.717, 1.165) is 11.3 Å². The molecular weight excluding hydrogens is 256 g/mol. The van der Waals surface area contributed by atoms with E-state index in [1.165, 1.54) is 0 Å². The Hall–Kier alpha value is -2.82. The third kappa shape index (κ3) is 1.64. The Morgan fingerprint density at radius 3 is 3.05 bits per heavy atom. The topological polar surface area (TPSA) is 51.1 Å². The van der Waals surface area contributed by atoms with Crippen molar-refractivity contribution in [2.75, 3.05) is 6.79 Å². The molecule has 5 heteroatoms. The van der Waals surface area contributed by atoms with Gasteiger partial charge in [-0.1, -0.05) is 12.1 Å². The highest BCUT2D eigenvalue weighted by molar-refractivity contribution is 6.17. The molecule has 3 aliphatic rings. The van der Waals surface area contributed by atoms with Gasteiger partial charge in [0.2, 0.25) is 6.79 Å². The fraction of sp³-hybridized carbons (Fsp3) is 0.0667. The van der Waals surface area contributed by atoms with Gasteiger partial charge in [-0.3, -0.25) is 9.69 Å². The van der Waals surface area contributed by atoms with Crippen LogP contribution in [0.2, 0.25) is 0 Å². The van der Waals surface area contributed by atoms with Crippen LogP contribution in [0.3, 0.4) is 0 Å². The Morgan fingerprint density at radius 1 is 1.20 bits per heavy atom. The first kappa shape index (κ1) is 11.0. The van der Waals surface area contributed by atoms with E-state index < -0.39 is 0 Å². The number of ether oxygens (including phenoxy) is 2. The Balaban J connectivity index is 1.72. The van der Waals surface area contributed by atoms with Crippen molar-refractivity contribution in [1.82, 2.24) is 4.90 Å². The molecule has 0 fully saturated rings. The van der Waals surface area contributed by atoms with Crippen LogP contribution in [-0.4, -0.2) is 23.4 Å². The monoisotopic (exact) mass is 266 g/mol. The first-order valence-electron chi connectivity index (χ1n) is 6.20. The minimum absolute atomic E-state index is 0.237. The van der Waals surface area contributed by atoms with E-state index >= 15 is 0 Å². The minimum atomic E-state index is -0.242. The molecule has 0 aliphatic carbocycles. The first-order chi connectivity index (χ1) is 9.81. The van der Waals surface area contributed by atoms with Gasteiger partial charge in [0.1, 0.15) is 11.5 Å². The van der Waals surface area contributed by atoms with E-state index in [1.54, 1.807) is 17.1 Å². The van der Waals surface area contributed by atoms with Crippen molar-refractivity contribution in [2.24, 2.45) is 4.99 Å². The maximum Gasteiger partial charge on any atom is 0.295 e. The maximum atomic E-state index is 12.0. The molecule has 5 nitrogen and oxygen atoms in total. The normalized spacial score (nSPS) is 20.6. The number of nitrogens with zero attached hydrogens (tertiary/aromatic N) is 2. The van der Waals surface area contributed by atoms with Crippen molar-refractivity contribution in [3.8, 4) is 11.5 Å². The zero-order chi connectivity index (χ0) is 13.5. The zero-order valence-corrected chi connectivity index (χ0v) is 10.4. The van der Waals surface area contributed by atoms with Gasteiger partial charge in [0.05, 0.1) is 0 Å². The van der Waals surface area contributed by atoms with E-state index in [0.29, 0.717) is 17.3 Å². The van der Waals surface area contributed by atoms with Gasteiger partial charge in [-0.2, -0.15) is 4.99 Å². The minimum Gasteiger partial charge on any atom is -0.454 e. The molecule has 3 aliphatic heterocycles. The van der Waals surface area contributed by atoms with Crippen LogP contribution in [0.25, 0.3) is 6.08 Å². The third-order valence-corrected chi connectivity index (χ3v) is 3.23. The van der Waals surface area contributed by atoms with Gasteiger partial charge in [0, 0.05) is 6.20 Å². The van der Waals surface area contributed by atoms with E-state index in [-0.39, 0.29) is 12.7 Å². The molecule has 98 valence electrons. The first-order valence-corrected chi connectivity index (χ1v) is 6.20. The highest BCUT2D eigenvalue weighted by Crippen LogP contribution is 2.33. The number of fused-ring (bicyclic) bond motifs is 2. The summed E-state index contributed by atoms with van der Waals surface area (Å²) >= 11 is 0. The molecular formula is C15H10N2O3. The second-order valence-electron chi connectivity index (χ2n) is 4.49. The van der Waals surface area contributed by atoms with Crippen molar-refractivity contribution < 1.29 is 14.3 Å². The molecule has 3 heterocycles. The number of rotatable bonds is 1. The summed E-state index contributed by atoms with van der Waals surface area (Å²) < 4.78 is 10.6. The molecule has 0 unspecified atom stereocenters. The van der Waals surface area contributed by atoms with Gasteiger partial charge in [0.25, 0.3) is 5.91 Å². The summed E-state index contributed by atoms with van der Waals surface area (Å²) in [5.41, 5.74) is 1.40. The fourth-order valence-corrected chi connectivity index (χ4v) is 2.29. The Labute approximate surface area is 115 Å². The van der Waals surface area contributed by atoms with Crippen molar-refractivity contribution in [3.05, 3.63) is 53.9 Å². The van der Waals surface area contributed by atoms with Crippen molar-refractivity contribution in [3.63, 3.8) is 0 Å². The van der Waals surface area contributed by atoms with Gasteiger partial charge in [-0.25, -0.2) is 0 Å². The summed E-state index contributed by atoms with van der Waals surface area (Å²) in [7, 11) is 0. The molecule has 1 aromatic carbocycles. The summed E-state index contributed by atoms with van der Waals surface area (Å²) in [6.45, 7) is 0.237. The highest BCUT2D eigenvalue weighted by Gasteiger charge is 2.27. The quantitative estimate of drug-likeness (QED) is 0.730. The molecule has 0 aromatic heterocycles. The Morgan fingerprint density at radius 2 is 2.10 bits per heavy atom. The number of carbonyl (C=O) groups excluding carboxylic acids is 1. The van der Waals surface area contributed by atoms with Gasteiger partial charge < -0.3 is 9.47 Å². The summed E-state index contributed by atoms with van der Waals surface area (Å²) in [4.78, 5) is 17.7. The standard InChI is InChI=1S/C15H10N2O3/c18-15-11(17-6-2-1-3-14(17)16-15)7-10-4-5-12-13(8-10)20-9-19-12/h1-8H,9H2/b11-7+. The Kier molecular flexibility index (Phi) is 2.26. The van der Waals surface area contributed by atoms with Gasteiger partial charge in [-0.05, 0) is 35.9 Å². The highest BCUT2D eigenvalue weighted by atomic mass is 16.7. The van der Waals surface area contributed by atoms with E-state index in [4.69, 9.17) is 9.47 Å². The summed E-state index contributed by atoms with van der Waals surface area (Å²) in [6, 6.07) is 5.57. The van der Waals surface area contributed by atoms with Crippen LogP contribution < -0.4 is 9.47 Å². The van der Waals surface area contributed by atoms with E-state index in [2.05, 4.69) is 4.99 Å². The predicted octanol–water partition coefficient (Wildman–Crippen LogP) is 2.08. The fourth-order valence-electron chi connectivity index (χ4n) is 2.29. The number of hydrogen-bond donors (Lipinski definition) is 0. The predicted molar refractivity (Wildman–Crippen MR) is 73.1 cm³/mol. The maximum absolute atomic E-state index is 12.0. The lowest BCUT2D eigenvalue weighted by Crippen LogP contribution is -2.20. The molecule has 1 aromatic rings. The smallest absolute Gasteiger partial charge is 0.295 e. The second-order valence-corrected chi connectivity index (χ2v) is 4.49. The molecule has 20 heavy (non-hydrogen) atoms. The van der Waals surface area contributed by atoms with Crippen molar-refractivity contribution in [2.45, 2.75) is 0 Å². The molecule has 0 saturated heterocycles. The average Bonchev–Trinajstić information content (AvgIpc) is 3.04. The van der Waals surface area contributed by atoms with E-state index in [9.17, 15) is 4.79 Å². The molecule has 0 spiro atoms. The number of allylic oxidation sites excluding steroid dienone is 2. The number of hydrogen-bond acceptors (Lipinski definition) is 4. The van der Waals surface area contributed by atoms with Crippen LogP contribution >= 0.6 is 0 Å². The van der Waals surface area contributed by atoms with Gasteiger partial charge >= 0.3 is 0 Å². The zero-order valence-electron chi connectivity index (χ0n) is 10.4. The lowest BCUT2D eigenvalue weighted by Gasteiger charge is -2.16. The largest absolute Gasteiger partial charge is 0.454 e. The number of amides is 1. The summed E-state index contributed by atoms with van der Waals surface area (Å²) in [5.74, 6) is 1.82. The molecule has 1 amide bonds. The van der Waals surface area contributed by atoms with Crippen LogP contribution in [0.4, 0.5) is 0 Å². The Bertz CT molecular complexity index is 729. The number of carbonyl (C=O) groups is 1. The number of aliphatic imine (C=N–C) groups is 1. The third-order valence-electron chi connectivity index (χ3n) is 3.23. The molecule has 0 saturated carbocycles. The van der Waals surface area contributed by atoms with Gasteiger partial charge in [-0.15, -0.1) is 0 Å². The summed E-state index contributed by atoms with van der Waals surface area (Å²) in [5, 5.41) is 0. The van der Waals surface area contributed by atoms with E-state index in [1.807, 2.05) is 36.6 Å². The van der Waals surface area contributed by atoms with Crippen LogP contribution in [0.15, 0.2) is 53.3 Å². The molecule has 0 radical (unpaired) electrons. The molecule has 0 N–H and O–H groups in total. The average molecular weight is 266 g/mol. The van der Waals surface area contributed by atoms with Gasteiger partial charge in [0.15, 0.2) is 11.5 Å². The van der Waals surface area contributed by atoms with Crippen LogP contribution in [0.1, 0.15) is 5.56 Å². The lowest BCUT2D eigenvalue weighted by molar-refractivity contribution is -0.114. The summed E-state index contributed by atoms with van der Waals surface area (Å²) in [6.07, 6.45) is 9.14. The van der Waals surface area contributed by atoms with Crippen molar-refractivity contribution >= 4 is 17.8 Å². The number of benzene rings is 1. The van der Waals surface area contributed by atoms with Crippen molar-refractivity contribution in [1.29, 1.82) is 0 Å². The molecule has 0 bridgehead atoms. The molecule has 0 atom stereocenters. The lowest BCUT2D eigenvalue weighted by atomic mass is 10.1. The molecule has 4 rings (SSSR count). The number of amidine groups is 1. The van der Waals surface area contributed by atoms with Crippen LogP contribution in [0.5, 0.6) is 11.5 Å². The SMILES string of the molecule is O=C1N=C2C=CC=CN2/C1=C/c1ccc2c(c1)OCO2. The second kappa shape index (κ2) is 4.09. The van der Waals surface area contributed by atoms with Crippen LogP contribution in [0, 0.1) is 0 Å².